The van der Waals surface area contributed by atoms with Gasteiger partial charge in [-0.2, -0.15) is 0 Å². The molecule has 0 spiro atoms. The third-order valence-electron chi connectivity index (χ3n) is 2.16. The summed E-state index contributed by atoms with van der Waals surface area (Å²) in [6, 6.07) is 3.68. The van der Waals surface area contributed by atoms with E-state index in [0.29, 0.717) is 13.0 Å². The largest absolute Gasteiger partial charge is 0.478 e. The number of carboxylic acid groups (broad SMARTS) is 1. The van der Waals surface area contributed by atoms with Gasteiger partial charge in [-0.15, -0.1) is 0 Å². The minimum Gasteiger partial charge on any atom is -0.478 e. The van der Waals surface area contributed by atoms with E-state index in [0.717, 1.165) is 6.07 Å². The molecular formula is C12H12N2O4. The van der Waals surface area contributed by atoms with Gasteiger partial charge < -0.3 is 10.4 Å². The summed E-state index contributed by atoms with van der Waals surface area (Å²) in [5, 5.41) is 22.5. The van der Waals surface area contributed by atoms with Crippen LogP contribution in [-0.4, -0.2) is 29.6 Å². The predicted molar refractivity (Wildman–Crippen MR) is 65.5 cm³/mol. The molecule has 0 aliphatic heterocycles. The first kappa shape index (κ1) is 13.7. The molecule has 6 heteroatoms. The van der Waals surface area contributed by atoms with Gasteiger partial charge in [-0.05, 0) is 19.2 Å². The van der Waals surface area contributed by atoms with Crippen LogP contribution in [0.15, 0.2) is 18.2 Å². The second kappa shape index (κ2) is 6.37. The Hall–Kier alpha value is -2.39. The standard InChI is InChI=1S/C12H12N2O4/c1-13-7-3-2-4-9-5-6-10(12(15)16)8-11(9)14(17)18/h5-6,8,13H,3,7H2,1H3,(H,15,16). The molecule has 0 bridgehead atoms. The van der Waals surface area contributed by atoms with Crippen LogP contribution >= 0.6 is 0 Å². The van der Waals surface area contributed by atoms with Gasteiger partial charge in [-0.1, -0.05) is 11.8 Å². The van der Waals surface area contributed by atoms with E-state index in [9.17, 15) is 14.9 Å². The average molecular weight is 248 g/mol. The number of rotatable bonds is 4. The van der Waals surface area contributed by atoms with E-state index in [4.69, 9.17) is 5.11 Å². The lowest BCUT2D eigenvalue weighted by molar-refractivity contribution is -0.385. The minimum atomic E-state index is -1.20. The summed E-state index contributed by atoms with van der Waals surface area (Å²) in [5.74, 6) is 4.25. The maximum absolute atomic E-state index is 10.8. The fourth-order valence-corrected chi connectivity index (χ4v) is 1.27. The minimum absolute atomic E-state index is 0.123. The van der Waals surface area contributed by atoms with Gasteiger partial charge in [0.2, 0.25) is 0 Å². The van der Waals surface area contributed by atoms with Crippen molar-refractivity contribution >= 4 is 11.7 Å². The van der Waals surface area contributed by atoms with Gasteiger partial charge in [0.15, 0.2) is 0 Å². The Morgan fingerprint density at radius 1 is 1.56 bits per heavy atom. The van der Waals surface area contributed by atoms with Crippen LogP contribution in [0.4, 0.5) is 5.69 Å². The maximum atomic E-state index is 10.8. The number of nitrogens with one attached hydrogen (secondary N) is 1. The number of hydrogen-bond donors (Lipinski definition) is 2. The van der Waals surface area contributed by atoms with Crippen LogP contribution in [0.25, 0.3) is 0 Å². The number of nitro benzene ring substituents is 1. The zero-order valence-corrected chi connectivity index (χ0v) is 9.77. The number of nitro groups is 1. The number of carboxylic acids is 1. The van der Waals surface area contributed by atoms with E-state index >= 15 is 0 Å². The smallest absolute Gasteiger partial charge is 0.335 e. The molecule has 0 aliphatic rings. The molecule has 0 radical (unpaired) electrons. The first-order chi connectivity index (χ1) is 8.56. The lowest BCUT2D eigenvalue weighted by Crippen LogP contribution is -2.06. The van der Waals surface area contributed by atoms with Gasteiger partial charge in [0.1, 0.15) is 5.56 Å². The summed E-state index contributed by atoms with van der Waals surface area (Å²) >= 11 is 0. The van der Waals surface area contributed by atoms with Crippen molar-refractivity contribution in [3.8, 4) is 11.8 Å². The van der Waals surface area contributed by atoms with Crippen LogP contribution in [0.1, 0.15) is 22.3 Å². The molecule has 1 rings (SSSR count). The summed E-state index contributed by atoms with van der Waals surface area (Å²) in [6.07, 6.45) is 0.564. The zero-order chi connectivity index (χ0) is 13.5. The van der Waals surface area contributed by atoms with Crippen molar-refractivity contribution in [3.05, 3.63) is 39.4 Å². The van der Waals surface area contributed by atoms with Crippen LogP contribution in [0.3, 0.4) is 0 Å². The molecule has 1 aromatic carbocycles. The topological polar surface area (TPSA) is 92.5 Å². The normalized spacial score (nSPS) is 9.39. The second-order valence-electron chi connectivity index (χ2n) is 3.45. The molecule has 2 N–H and O–H groups in total. The molecule has 1 aromatic rings. The van der Waals surface area contributed by atoms with Gasteiger partial charge in [-0.25, -0.2) is 4.79 Å². The molecule has 18 heavy (non-hydrogen) atoms. The Kier molecular flexibility index (Phi) is 4.84. The third-order valence-corrected chi connectivity index (χ3v) is 2.16. The highest BCUT2D eigenvalue weighted by Crippen LogP contribution is 2.19. The lowest BCUT2D eigenvalue weighted by atomic mass is 10.1. The van der Waals surface area contributed by atoms with Crippen molar-refractivity contribution in [1.82, 2.24) is 5.32 Å². The summed E-state index contributed by atoms with van der Waals surface area (Å²) in [5.41, 5.74) is -0.185. The molecule has 0 aromatic heterocycles. The number of nitrogens with zero attached hydrogens (tertiary/aromatic N) is 1. The quantitative estimate of drug-likeness (QED) is 0.362. The first-order valence-corrected chi connectivity index (χ1v) is 5.21. The van der Waals surface area contributed by atoms with E-state index in [1.54, 1.807) is 7.05 Å². The number of benzene rings is 1. The van der Waals surface area contributed by atoms with Crippen molar-refractivity contribution in [3.63, 3.8) is 0 Å². The van der Waals surface area contributed by atoms with Crippen molar-refractivity contribution < 1.29 is 14.8 Å². The van der Waals surface area contributed by atoms with E-state index in [1.165, 1.54) is 12.1 Å². The molecule has 0 saturated heterocycles. The van der Waals surface area contributed by atoms with Crippen LogP contribution < -0.4 is 5.32 Å². The summed E-state index contributed by atoms with van der Waals surface area (Å²) in [7, 11) is 1.78. The number of hydrogen-bond acceptors (Lipinski definition) is 4. The molecule has 0 unspecified atom stereocenters. The van der Waals surface area contributed by atoms with Gasteiger partial charge in [0.05, 0.1) is 10.5 Å². The molecule has 0 heterocycles. The maximum Gasteiger partial charge on any atom is 0.335 e. The van der Waals surface area contributed by atoms with Gasteiger partial charge in [-0.3, -0.25) is 10.1 Å². The van der Waals surface area contributed by atoms with Crippen LogP contribution in [0.5, 0.6) is 0 Å². The van der Waals surface area contributed by atoms with Crippen LogP contribution in [0, 0.1) is 22.0 Å². The highest BCUT2D eigenvalue weighted by atomic mass is 16.6. The Bertz CT molecular complexity index is 529. The number of carbonyl (C=O) groups is 1. The Labute approximate surface area is 104 Å². The summed E-state index contributed by atoms with van der Waals surface area (Å²) < 4.78 is 0. The Morgan fingerprint density at radius 2 is 2.28 bits per heavy atom. The van der Waals surface area contributed by atoms with Gasteiger partial charge in [0, 0.05) is 19.0 Å². The molecular weight excluding hydrogens is 236 g/mol. The van der Waals surface area contributed by atoms with E-state index in [-0.39, 0.29) is 16.8 Å². The van der Waals surface area contributed by atoms with Crippen molar-refractivity contribution in [2.75, 3.05) is 13.6 Å². The third kappa shape index (κ3) is 3.57. The van der Waals surface area contributed by atoms with Crippen molar-refractivity contribution in [1.29, 1.82) is 0 Å². The molecule has 0 aliphatic carbocycles. The van der Waals surface area contributed by atoms with Crippen LogP contribution in [-0.2, 0) is 0 Å². The van der Waals surface area contributed by atoms with Gasteiger partial charge in [0.25, 0.3) is 5.69 Å². The fourth-order valence-electron chi connectivity index (χ4n) is 1.27. The predicted octanol–water partition coefficient (Wildman–Crippen LogP) is 1.25. The average Bonchev–Trinajstić information content (AvgIpc) is 2.34. The Morgan fingerprint density at radius 3 is 2.83 bits per heavy atom. The highest BCUT2D eigenvalue weighted by molar-refractivity contribution is 5.88. The molecule has 6 nitrogen and oxygen atoms in total. The monoisotopic (exact) mass is 248 g/mol. The zero-order valence-electron chi connectivity index (χ0n) is 9.77. The molecule has 0 atom stereocenters. The number of aromatic carboxylic acids is 1. The summed E-state index contributed by atoms with van der Waals surface area (Å²) in [4.78, 5) is 20.9. The van der Waals surface area contributed by atoms with Crippen molar-refractivity contribution in [2.45, 2.75) is 6.42 Å². The first-order valence-electron chi connectivity index (χ1n) is 5.21. The van der Waals surface area contributed by atoms with E-state index in [2.05, 4.69) is 17.2 Å². The van der Waals surface area contributed by atoms with Crippen LogP contribution in [0.2, 0.25) is 0 Å². The molecule has 0 amide bonds. The van der Waals surface area contributed by atoms with Gasteiger partial charge >= 0.3 is 5.97 Å². The fraction of sp³-hybridized carbons (Fsp3) is 0.250. The Balaban J connectivity index is 3.07. The SMILES string of the molecule is CNCCC#Cc1ccc(C(=O)O)cc1[N+](=O)[O-]. The van der Waals surface area contributed by atoms with E-state index < -0.39 is 10.9 Å². The summed E-state index contributed by atoms with van der Waals surface area (Å²) in [6.45, 7) is 0.688. The highest BCUT2D eigenvalue weighted by Gasteiger charge is 2.15. The van der Waals surface area contributed by atoms with E-state index in [1.807, 2.05) is 0 Å². The van der Waals surface area contributed by atoms with Crippen molar-refractivity contribution in [2.24, 2.45) is 0 Å². The molecule has 94 valence electrons. The lowest BCUT2D eigenvalue weighted by Gasteiger charge is -1.98. The second-order valence-corrected chi connectivity index (χ2v) is 3.45. The molecule has 0 fully saturated rings. The molecule has 0 saturated carbocycles.